The summed E-state index contributed by atoms with van der Waals surface area (Å²) >= 11 is 0. The Morgan fingerprint density at radius 2 is 2.05 bits per heavy atom. The molecular weight excluding hydrogens is 244 g/mol. The third-order valence-corrected chi connectivity index (χ3v) is 3.72. The largest absolute Gasteiger partial charge is 0.367 e. The lowest BCUT2D eigenvalue weighted by atomic mass is 9.87. The number of benzene rings is 1. The van der Waals surface area contributed by atoms with Crippen LogP contribution in [-0.4, -0.2) is 11.7 Å². The van der Waals surface area contributed by atoms with E-state index < -0.39 is 0 Å². The Balaban J connectivity index is 2.08. The SMILES string of the molecule is C=C1C[C@@H](CC(C)C)O[C@@](C)(/C=C/c2ccccc2)C1. The Bertz CT molecular complexity index is 472. The molecule has 1 aliphatic rings. The van der Waals surface area contributed by atoms with Gasteiger partial charge in [-0.2, -0.15) is 0 Å². The summed E-state index contributed by atoms with van der Waals surface area (Å²) in [4.78, 5) is 0. The summed E-state index contributed by atoms with van der Waals surface area (Å²) < 4.78 is 6.33. The van der Waals surface area contributed by atoms with Crippen LogP contribution in [0.15, 0.2) is 48.6 Å². The van der Waals surface area contributed by atoms with Gasteiger partial charge in [-0.1, -0.05) is 68.5 Å². The van der Waals surface area contributed by atoms with Gasteiger partial charge >= 0.3 is 0 Å². The zero-order valence-corrected chi connectivity index (χ0v) is 12.9. The van der Waals surface area contributed by atoms with E-state index >= 15 is 0 Å². The molecule has 0 amide bonds. The van der Waals surface area contributed by atoms with Crippen LogP contribution in [0.3, 0.4) is 0 Å². The molecule has 20 heavy (non-hydrogen) atoms. The smallest absolute Gasteiger partial charge is 0.0878 e. The van der Waals surface area contributed by atoms with Gasteiger partial charge in [-0.05, 0) is 31.2 Å². The second-order valence-electron chi connectivity index (χ2n) is 6.56. The monoisotopic (exact) mass is 270 g/mol. The van der Waals surface area contributed by atoms with Gasteiger partial charge in [0.15, 0.2) is 0 Å². The summed E-state index contributed by atoms with van der Waals surface area (Å²) in [5.74, 6) is 0.660. The first-order valence-electron chi connectivity index (χ1n) is 7.55. The van der Waals surface area contributed by atoms with Crippen LogP contribution in [0.2, 0.25) is 0 Å². The first kappa shape index (κ1) is 15.1. The quantitative estimate of drug-likeness (QED) is 0.680. The molecule has 0 bridgehead atoms. The molecule has 0 radical (unpaired) electrons. The minimum absolute atomic E-state index is 0.218. The summed E-state index contributed by atoms with van der Waals surface area (Å²) in [5, 5.41) is 0. The van der Waals surface area contributed by atoms with Crippen LogP contribution in [0.1, 0.15) is 45.6 Å². The zero-order valence-electron chi connectivity index (χ0n) is 12.9. The maximum atomic E-state index is 6.33. The molecule has 1 nitrogen and oxygen atoms in total. The lowest BCUT2D eigenvalue weighted by molar-refractivity contribution is -0.0772. The van der Waals surface area contributed by atoms with Crippen molar-refractivity contribution in [3.8, 4) is 0 Å². The van der Waals surface area contributed by atoms with Crippen molar-refractivity contribution in [1.82, 2.24) is 0 Å². The highest BCUT2D eigenvalue weighted by Crippen LogP contribution is 2.35. The summed E-state index contributed by atoms with van der Waals surface area (Å²) in [6.45, 7) is 10.9. The van der Waals surface area contributed by atoms with Crippen LogP contribution in [0.4, 0.5) is 0 Å². The molecule has 1 aromatic rings. The molecule has 0 aromatic heterocycles. The predicted molar refractivity (Wildman–Crippen MR) is 86.6 cm³/mol. The summed E-state index contributed by atoms with van der Waals surface area (Å²) in [5.41, 5.74) is 2.31. The van der Waals surface area contributed by atoms with Gasteiger partial charge in [-0.3, -0.25) is 0 Å². The molecule has 0 aliphatic carbocycles. The van der Waals surface area contributed by atoms with Gasteiger partial charge < -0.3 is 4.74 Å². The molecule has 1 heterocycles. The van der Waals surface area contributed by atoms with Crippen LogP contribution < -0.4 is 0 Å². The van der Waals surface area contributed by atoms with Crippen molar-refractivity contribution in [2.45, 2.75) is 51.7 Å². The second-order valence-corrected chi connectivity index (χ2v) is 6.56. The molecule has 0 unspecified atom stereocenters. The second kappa shape index (κ2) is 6.41. The first-order valence-corrected chi connectivity index (χ1v) is 7.55. The normalized spacial score (nSPS) is 27.4. The van der Waals surface area contributed by atoms with E-state index in [1.807, 2.05) is 6.07 Å². The molecule has 1 heteroatoms. The van der Waals surface area contributed by atoms with Gasteiger partial charge in [0.1, 0.15) is 0 Å². The van der Waals surface area contributed by atoms with E-state index in [2.05, 4.69) is 63.8 Å². The van der Waals surface area contributed by atoms with Gasteiger partial charge in [0, 0.05) is 6.42 Å². The third kappa shape index (κ3) is 4.35. The van der Waals surface area contributed by atoms with E-state index in [1.54, 1.807) is 0 Å². The fourth-order valence-corrected chi connectivity index (χ4v) is 2.95. The first-order chi connectivity index (χ1) is 9.47. The van der Waals surface area contributed by atoms with Crippen molar-refractivity contribution in [3.05, 3.63) is 54.1 Å². The van der Waals surface area contributed by atoms with Gasteiger partial charge in [0.25, 0.3) is 0 Å². The van der Waals surface area contributed by atoms with Crippen molar-refractivity contribution in [2.24, 2.45) is 5.92 Å². The van der Waals surface area contributed by atoms with E-state index in [0.29, 0.717) is 12.0 Å². The molecule has 108 valence electrons. The number of rotatable bonds is 4. The van der Waals surface area contributed by atoms with Crippen LogP contribution in [-0.2, 0) is 4.74 Å². The van der Waals surface area contributed by atoms with Crippen molar-refractivity contribution in [2.75, 3.05) is 0 Å². The van der Waals surface area contributed by atoms with Crippen LogP contribution >= 0.6 is 0 Å². The highest BCUT2D eigenvalue weighted by Gasteiger charge is 2.32. The minimum Gasteiger partial charge on any atom is -0.367 e. The van der Waals surface area contributed by atoms with Gasteiger partial charge in [-0.15, -0.1) is 0 Å². The molecule has 2 atom stereocenters. The fourth-order valence-electron chi connectivity index (χ4n) is 2.95. The minimum atomic E-state index is -0.218. The molecule has 1 fully saturated rings. The van der Waals surface area contributed by atoms with E-state index in [0.717, 1.165) is 19.3 Å². The van der Waals surface area contributed by atoms with Gasteiger partial charge in [0.05, 0.1) is 11.7 Å². The van der Waals surface area contributed by atoms with E-state index in [9.17, 15) is 0 Å². The average molecular weight is 270 g/mol. The Hall–Kier alpha value is -1.34. The number of ether oxygens (including phenoxy) is 1. The van der Waals surface area contributed by atoms with Crippen molar-refractivity contribution in [3.63, 3.8) is 0 Å². The lowest BCUT2D eigenvalue weighted by Crippen LogP contribution is -2.37. The lowest BCUT2D eigenvalue weighted by Gasteiger charge is -2.38. The molecule has 2 rings (SSSR count). The van der Waals surface area contributed by atoms with E-state index in [1.165, 1.54) is 11.1 Å². The molecular formula is C19H26O. The zero-order chi connectivity index (χ0) is 14.6. The highest BCUT2D eigenvalue weighted by molar-refractivity contribution is 5.50. The predicted octanol–water partition coefficient (Wildman–Crippen LogP) is 5.24. The maximum absolute atomic E-state index is 6.33. The Morgan fingerprint density at radius 3 is 2.70 bits per heavy atom. The molecule has 0 spiro atoms. The Morgan fingerprint density at radius 1 is 1.35 bits per heavy atom. The van der Waals surface area contributed by atoms with Crippen molar-refractivity contribution in [1.29, 1.82) is 0 Å². The Labute approximate surface area is 123 Å². The van der Waals surface area contributed by atoms with Crippen LogP contribution in [0, 0.1) is 5.92 Å². The molecule has 1 saturated heterocycles. The summed E-state index contributed by atoms with van der Waals surface area (Å²) in [6.07, 6.45) is 7.69. The molecule has 0 N–H and O–H groups in total. The standard InChI is InChI=1S/C19H26O/c1-15(2)12-18-13-16(3)14-19(4,20-18)11-10-17-8-6-5-7-9-17/h5-11,15,18H,3,12-14H2,1-2,4H3/b11-10+/t18-,19+/m1/s1. The topological polar surface area (TPSA) is 9.23 Å². The van der Waals surface area contributed by atoms with Gasteiger partial charge in [0.2, 0.25) is 0 Å². The summed E-state index contributed by atoms with van der Waals surface area (Å²) in [7, 11) is 0. The molecule has 1 aromatic carbocycles. The van der Waals surface area contributed by atoms with Crippen LogP contribution in [0.25, 0.3) is 6.08 Å². The summed E-state index contributed by atoms with van der Waals surface area (Å²) in [6, 6.07) is 10.4. The molecule has 1 aliphatic heterocycles. The molecule has 0 saturated carbocycles. The fraction of sp³-hybridized carbons (Fsp3) is 0.474. The van der Waals surface area contributed by atoms with Crippen molar-refractivity contribution >= 4 is 6.08 Å². The van der Waals surface area contributed by atoms with Crippen LogP contribution in [0.5, 0.6) is 0 Å². The average Bonchev–Trinajstić information content (AvgIpc) is 2.36. The van der Waals surface area contributed by atoms with Gasteiger partial charge in [-0.25, -0.2) is 0 Å². The van der Waals surface area contributed by atoms with E-state index in [4.69, 9.17) is 4.74 Å². The number of hydrogen-bond acceptors (Lipinski definition) is 1. The maximum Gasteiger partial charge on any atom is 0.0878 e. The third-order valence-electron chi connectivity index (χ3n) is 3.72. The highest BCUT2D eigenvalue weighted by atomic mass is 16.5. The van der Waals surface area contributed by atoms with Crippen molar-refractivity contribution < 1.29 is 4.74 Å². The number of hydrogen-bond donors (Lipinski definition) is 0. The van der Waals surface area contributed by atoms with E-state index in [-0.39, 0.29) is 5.60 Å². The Kier molecular flexibility index (Phi) is 4.82.